The van der Waals surface area contributed by atoms with Crippen LogP contribution in [-0.4, -0.2) is 91.0 Å². The summed E-state index contributed by atoms with van der Waals surface area (Å²) in [4.78, 5) is 91.5. The van der Waals surface area contributed by atoms with Crippen LogP contribution in [0.1, 0.15) is 133 Å². The monoisotopic (exact) mass is 887 g/mol. The van der Waals surface area contributed by atoms with Gasteiger partial charge in [-0.1, -0.05) is 105 Å². The zero-order chi connectivity index (χ0) is 45.0. The van der Waals surface area contributed by atoms with Gasteiger partial charge in [-0.05, 0) is 32.2 Å². The molecular weight excluding hydrogens is 816 g/mol. The molecule has 0 aliphatic carbocycles. The van der Waals surface area contributed by atoms with E-state index in [2.05, 4.69) is 28.2 Å². The Morgan fingerprint density at radius 3 is 1.43 bits per heavy atom. The molecule has 2 atom stereocenters. The topological polar surface area (TPSA) is 270 Å². The molecule has 1 aliphatic rings. The molecule has 2 unspecified atom stereocenters. The standard InChI is InChI=1S/C11H22NO6PS.C8H9NO5S.C7H18NO4P.4C2H6/c1-10(13)20-9-11(14)12-7-5-3-4-6-8-18-19(15,16)17-2;1-5(10)15-4-8(13)14-9-6(11)2-3-7(9)12;1-11-13(9,10)12-7-5-3-2-4-6-8;4*1-2/h3-9H2,1-2H3,(H,12,14)(H,15,16);2-4H2,1H3;2-8H2,1H3,(H,9,10);4*1-2H3/p-2. The van der Waals surface area contributed by atoms with Crippen LogP contribution in [0.4, 0.5) is 0 Å². The summed E-state index contributed by atoms with van der Waals surface area (Å²) in [6, 6.07) is 0. The summed E-state index contributed by atoms with van der Waals surface area (Å²) in [5, 5.41) is 2.86. The van der Waals surface area contributed by atoms with E-state index >= 15 is 0 Å². The third-order valence-electron chi connectivity index (χ3n) is 5.44. The van der Waals surface area contributed by atoms with Crippen LogP contribution in [0, 0.1) is 0 Å². The van der Waals surface area contributed by atoms with Crippen molar-refractivity contribution in [3.05, 3.63) is 0 Å². The number of nitrogens with one attached hydrogen (secondary N) is 1. The molecule has 0 spiro atoms. The van der Waals surface area contributed by atoms with Crippen LogP contribution < -0.4 is 20.8 Å². The number of unbranched alkanes of at least 4 members (excludes halogenated alkanes) is 6. The highest BCUT2D eigenvalue weighted by Crippen LogP contribution is 2.37. The minimum absolute atomic E-state index is 0.0615. The van der Waals surface area contributed by atoms with Crippen molar-refractivity contribution in [3.63, 3.8) is 0 Å². The van der Waals surface area contributed by atoms with Gasteiger partial charge in [0.1, 0.15) is 5.75 Å². The maximum Gasteiger partial charge on any atom is 0.343 e. The van der Waals surface area contributed by atoms with Gasteiger partial charge in [-0.25, -0.2) is 4.79 Å². The highest BCUT2D eigenvalue weighted by atomic mass is 32.2. The third kappa shape index (κ3) is 50.3. The lowest BCUT2D eigenvalue weighted by Crippen LogP contribution is -2.32. The molecule has 56 heavy (non-hydrogen) atoms. The van der Waals surface area contributed by atoms with Crippen LogP contribution in [0.25, 0.3) is 0 Å². The van der Waals surface area contributed by atoms with Crippen molar-refractivity contribution in [1.82, 2.24) is 10.4 Å². The summed E-state index contributed by atoms with van der Waals surface area (Å²) in [6.45, 7) is 20.3. The van der Waals surface area contributed by atoms with Crippen molar-refractivity contribution in [2.45, 2.75) is 133 Å². The van der Waals surface area contributed by atoms with Gasteiger partial charge >= 0.3 is 5.97 Å². The van der Waals surface area contributed by atoms with Gasteiger partial charge in [-0.15, -0.1) is 5.06 Å². The molecule has 0 aromatic rings. The molecule has 1 rings (SSSR count). The first-order valence-electron chi connectivity index (χ1n) is 18.8. The number of hydrogen-bond donors (Lipinski definition) is 2. The number of phosphoric ester groups is 2. The summed E-state index contributed by atoms with van der Waals surface area (Å²) in [6.07, 6.45) is 6.84. The van der Waals surface area contributed by atoms with E-state index in [1.807, 2.05) is 55.4 Å². The number of thioether (sulfide) groups is 2. The van der Waals surface area contributed by atoms with E-state index in [0.29, 0.717) is 24.6 Å². The van der Waals surface area contributed by atoms with Crippen molar-refractivity contribution in [1.29, 1.82) is 0 Å². The Kier molecular flexibility index (Phi) is 56.3. The van der Waals surface area contributed by atoms with Crippen LogP contribution in [0.2, 0.25) is 0 Å². The second-order valence-electron chi connectivity index (χ2n) is 9.50. The molecule has 0 aromatic carbocycles. The highest BCUT2D eigenvalue weighted by Gasteiger charge is 2.32. The lowest BCUT2D eigenvalue weighted by Gasteiger charge is -2.19. The molecule has 1 saturated heterocycles. The number of hydroxylamine groups is 2. The van der Waals surface area contributed by atoms with E-state index in [1.54, 1.807) is 0 Å². The summed E-state index contributed by atoms with van der Waals surface area (Å²) in [5.74, 6) is -2.03. The van der Waals surface area contributed by atoms with Gasteiger partial charge in [0.15, 0.2) is 10.2 Å². The van der Waals surface area contributed by atoms with Crippen molar-refractivity contribution in [2.24, 2.45) is 5.73 Å². The van der Waals surface area contributed by atoms with Gasteiger partial charge in [-0.3, -0.25) is 33.1 Å². The Hall–Kier alpha value is -1.70. The lowest BCUT2D eigenvalue weighted by molar-refractivity contribution is -0.224. The van der Waals surface area contributed by atoms with Crippen molar-refractivity contribution >= 4 is 73.1 Å². The second-order valence-corrected chi connectivity index (χ2v) is 14.8. The van der Waals surface area contributed by atoms with E-state index in [0.717, 1.165) is 82.7 Å². The zero-order valence-electron chi connectivity index (χ0n) is 35.7. The van der Waals surface area contributed by atoms with Gasteiger partial charge < -0.3 is 43.8 Å². The maximum atomic E-state index is 11.2. The largest absolute Gasteiger partial charge is 0.756 e. The average Bonchev–Trinajstić information content (AvgIpc) is 3.51. The summed E-state index contributed by atoms with van der Waals surface area (Å²) in [5.41, 5.74) is 5.29. The Labute approximate surface area is 344 Å². The van der Waals surface area contributed by atoms with E-state index in [1.165, 1.54) is 13.8 Å². The molecule has 336 valence electrons. The lowest BCUT2D eigenvalue weighted by atomic mass is 10.2. The van der Waals surface area contributed by atoms with Crippen LogP contribution in [0.3, 0.4) is 0 Å². The molecule has 0 aromatic heterocycles. The van der Waals surface area contributed by atoms with Gasteiger partial charge in [0, 0.05) is 47.5 Å². The Bertz CT molecular complexity index is 1090. The zero-order valence-corrected chi connectivity index (χ0v) is 39.1. The number of imide groups is 1. The fraction of sp³-hybridized carbons (Fsp3) is 0.824. The number of amides is 3. The van der Waals surface area contributed by atoms with E-state index in [9.17, 15) is 47.7 Å². The van der Waals surface area contributed by atoms with E-state index < -0.39 is 33.4 Å². The fourth-order valence-electron chi connectivity index (χ4n) is 3.03. The SMILES string of the molecule is CC.CC.CC.CC.CC(=O)SCC(=O)ON1C(=O)CCC1=O.COP(=O)([O-])OCCCCCCN.COP(=O)([O-])OCCCCCCNC(=O)CSC(C)=O. The Morgan fingerprint density at radius 1 is 0.679 bits per heavy atom. The first kappa shape index (κ1) is 66.1. The molecule has 0 bridgehead atoms. The third-order valence-corrected chi connectivity index (χ3v) is 8.93. The number of nitrogens with two attached hydrogens (primary N) is 1. The Morgan fingerprint density at radius 2 is 1.05 bits per heavy atom. The summed E-state index contributed by atoms with van der Waals surface area (Å²) in [7, 11) is -5.96. The van der Waals surface area contributed by atoms with Gasteiger partial charge in [0.25, 0.3) is 27.5 Å². The van der Waals surface area contributed by atoms with Crippen LogP contribution in [0.5, 0.6) is 0 Å². The molecule has 3 N–H and O–H groups in total. The summed E-state index contributed by atoms with van der Waals surface area (Å²) < 4.78 is 38.8. The molecule has 22 heteroatoms. The smallest absolute Gasteiger partial charge is 0.343 e. The quantitative estimate of drug-likeness (QED) is 0.0751. The molecule has 0 radical (unpaired) electrons. The number of carbonyl (C=O) groups excluding carboxylic acids is 6. The van der Waals surface area contributed by atoms with Crippen molar-refractivity contribution in [2.75, 3.05) is 52.0 Å². The van der Waals surface area contributed by atoms with Gasteiger partial charge in [0.05, 0.1) is 19.0 Å². The maximum absolute atomic E-state index is 11.2. The van der Waals surface area contributed by atoms with Gasteiger partial charge in [-0.2, -0.15) is 0 Å². The van der Waals surface area contributed by atoms with E-state index in [-0.39, 0.29) is 53.7 Å². The first-order chi connectivity index (χ1) is 26.5. The molecule has 0 saturated carbocycles. The number of phosphoric acid groups is 2. The van der Waals surface area contributed by atoms with Crippen LogP contribution >= 0.6 is 39.2 Å². The summed E-state index contributed by atoms with van der Waals surface area (Å²) >= 11 is 1.75. The number of carbonyl (C=O) groups is 6. The number of rotatable bonds is 22. The second kappa shape index (κ2) is 47.7. The normalized spacial score (nSPS) is 13.2. The van der Waals surface area contributed by atoms with Crippen LogP contribution in [0.15, 0.2) is 0 Å². The number of hydrogen-bond acceptors (Lipinski definition) is 18. The number of nitrogens with zero attached hydrogens (tertiary/aromatic N) is 1. The molecule has 1 fully saturated rings. The van der Waals surface area contributed by atoms with Crippen molar-refractivity contribution in [3.8, 4) is 0 Å². The first-order valence-corrected chi connectivity index (χ1v) is 23.7. The van der Waals surface area contributed by atoms with E-state index in [4.69, 9.17) is 5.73 Å². The molecule has 3 amide bonds. The molecule has 18 nitrogen and oxygen atoms in total. The fourth-order valence-corrected chi connectivity index (χ4v) is 4.76. The minimum atomic E-state index is -4.10. The Balaban J connectivity index is -0.000000156. The van der Waals surface area contributed by atoms with Crippen molar-refractivity contribution < 1.29 is 70.6 Å². The minimum Gasteiger partial charge on any atom is -0.756 e. The predicted molar refractivity (Wildman–Crippen MR) is 219 cm³/mol. The average molecular weight is 888 g/mol. The predicted octanol–water partition coefficient (Wildman–Crippen LogP) is 5.69. The van der Waals surface area contributed by atoms with Gasteiger partial charge in [0.2, 0.25) is 5.91 Å². The molecular formula is C34H71N3O15P2S2-2. The van der Waals surface area contributed by atoms with Crippen LogP contribution in [-0.2, 0) is 60.8 Å². The molecule has 1 heterocycles. The molecule has 1 aliphatic heterocycles. The highest BCUT2D eigenvalue weighted by molar-refractivity contribution is 8.14.